The fourth-order valence-corrected chi connectivity index (χ4v) is 4.05. The molecule has 4 rings (SSSR count). The van der Waals surface area contributed by atoms with Gasteiger partial charge in [-0.2, -0.15) is 0 Å². The highest BCUT2D eigenvalue weighted by Crippen LogP contribution is 2.23. The maximum Gasteiger partial charge on any atom is 0.259 e. The molecule has 154 valence electrons. The lowest BCUT2D eigenvalue weighted by Gasteiger charge is -2.07. The summed E-state index contributed by atoms with van der Waals surface area (Å²) in [5.74, 6) is 0.715. The predicted octanol–water partition coefficient (Wildman–Crippen LogP) is 5.91. The Labute approximate surface area is 181 Å². The van der Waals surface area contributed by atoms with Crippen molar-refractivity contribution in [3.05, 3.63) is 93.0 Å². The van der Waals surface area contributed by atoms with E-state index in [1.54, 1.807) is 10.5 Å². The molecule has 5 heteroatoms. The van der Waals surface area contributed by atoms with Crippen LogP contribution in [-0.4, -0.2) is 14.0 Å². The van der Waals surface area contributed by atoms with E-state index in [0.717, 1.165) is 42.8 Å². The summed E-state index contributed by atoms with van der Waals surface area (Å²) >= 11 is 6.03. The van der Waals surface area contributed by atoms with Crippen molar-refractivity contribution in [2.75, 3.05) is 0 Å². The molecule has 2 aromatic heterocycles. The predicted molar refractivity (Wildman–Crippen MR) is 123 cm³/mol. The summed E-state index contributed by atoms with van der Waals surface area (Å²) in [6.07, 6.45) is 4.07. The molecule has 2 heterocycles. The number of nitrogens with zero attached hydrogens (tertiary/aromatic N) is 3. The Balaban J connectivity index is 1.88. The first-order valence-electron chi connectivity index (χ1n) is 10.5. The van der Waals surface area contributed by atoms with E-state index < -0.39 is 0 Å². The fourth-order valence-electron chi connectivity index (χ4n) is 3.92. The van der Waals surface area contributed by atoms with Gasteiger partial charge in [-0.3, -0.25) is 4.79 Å². The zero-order valence-electron chi connectivity index (χ0n) is 17.4. The molecule has 30 heavy (non-hydrogen) atoms. The first-order chi connectivity index (χ1) is 14.6. The van der Waals surface area contributed by atoms with E-state index in [2.05, 4.69) is 30.5 Å². The van der Waals surface area contributed by atoms with Gasteiger partial charge in [0.05, 0.1) is 11.4 Å². The molecule has 0 unspecified atom stereocenters. The molecule has 4 aromatic rings. The first-order valence-corrected chi connectivity index (χ1v) is 10.9. The number of rotatable bonds is 7. The molecule has 0 saturated carbocycles. The van der Waals surface area contributed by atoms with Crippen LogP contribution in [-0.2, 0) is 13.0 Å². The largest absolute Gasteiger partial charge is 0.314 e. The van der Waals surface area contributed by atoms with Crippen LogP contribution in [0.1, 0.15) is 43.1 Å². The average molecular weight is 420 g/mol. The van der Waals surface area contributed by atoms with Gasteiger partial charge in [0, 0.05) is 35.3 Å². The number of hydrogen-bond donors (Lipinski definition) is 0. The molecule has 0 amide bonds. The number of hydrogen-bond acceptors (Lipinski definition) is 2. The minimum Gasteiger partial charge on any atom is -0.314 e. The molecule has 0 aliphatic heterocycles. The molecule has 0 saturated heterocycles. The van der Waals surface area contributed by atoms with Gasteiger partial charge in [0.2, 0.25) is 5.78 Å². The van der Waals surface area contributed by atoms with E-state index in [0.29, 0.717) is 22.9 Å². The second kappa shape index (κ2) is 8.88. The quantitative estimate of drug-likeness (QED) is 0.349. The van der Waals surface area contributed by atoms with Crippen molar-refractivity contribution < 1.29 is 0 Å². The van der Waals surface area contributed by atoms with Crippen LogP contribution < -0.4 is 5.56 Å². The summed E-state index contributed by atoms with van der Waals surface area (Å²) in [5, 5.41) is 0.667. The maximum atomic E-state index is 13.2. The van der Waals surface area contributed by atoms with E-state index in [1.165, 1.54) is 5.56 Å². The van der Waals surface area contributed by atoms with Crippen LogP contribution in [0.25, 0.3) is 17.0 Å². The SMILES string of the molecule is CCCCCn1c(C)c(Cc2ccccc2)n2c(=O)cc(-c3ccc(Cl)cc3)nc12. The van der Waals surface area contributed by atoms with Gasteiger partial charge in [-0.05, 0) is 31.0 Å². The molecular formula is C25H26ClN3O. The molecule has 0 fully saturated rings. The Morgan fingerprint density at radius 2 is 1.73 bits per heavy atom. The van der Waals surface area contributed by atoms with Gasteiger partial charge in [0.15, 0.2) is 0 Å². The molecule has 4 nitrogen and oxygen atoms in total. The number of fused-ring (bicyclic) bond motifs is 1. The Morgan fingerprint density at radius 3 is 2.43 bits per heavy atom. The minimum atomic E-state index is -0.0479. The van der Waals surface area contributed by atoms with Crippen LogP contribution in [0.2, 0.25) is 5.02 Å². The van der Waals surface area contributed by atoms with Gasteiger partial charge in [0.1, 0.15) is 0 Å². The topological polar surface area (TPSA) is 39.3 Å². The highest BCUT2D eigenvalue weighted by Gasteiger charge is 2.18. The van der Waals surface area contributed by atoms with Crippen LogP contribution in [0.4, 0.5) is 0 Å². The lowest BCUT2D eigenvalue weighted by atomic mass is 10.1. The third-order valence-corrected chi connectivity index (χ3v) is 5.83. The lowest BCUT2D eigenvalue weighted by molar-refractivity contribution is 0.601. The smallest absolute Gasteiger partial charge is 0.259 e. The summed E-state index contributed by atoms with van der Waals surface area (Å²) in [6, 6.07) is 19.4. The molecular weight excluding hydrogens is 394 g/mol. The molecule has 0 radical (unpaired) electrons. The van der Waals surface area contributed by atoms with Gasteiger partial charge >= 0.3 is 0 Å². The second-order valence-electron chi connectivity index (χ2n) is 7.68. The van der Waals surface area contributed by atoms with Crippen molar-refractivity contribution in [2.45, 2.75) is 46.1 Å². The first kappa shape index (κ1) is 20.4. The van der Waals surface area contributed by atoms with Crippen molar-refractivity contribution >= 4 is 17.4 Å². The van der Waals surface area contributed by atoms with E-state index in [-0.39, 0.29) is 5.56 Å². The molecule has 0 spiro atoms. The number of imidazole rings is 1. The molecule has 2 aromatic carbocycles. The van der Waals surface area contributed by atoms with E-state index in [1.807, 2.05) is 42.5 Å². The summed E-state index contributed by atoms with van der Waals surface area (Å²) in [7, 11) is 0. The van der Waals surface area contributed by atoms with E-state index >= 15 is 0 Å². The van der Waals surface area contributed by atoms with Gasteiger partial charge in [-0.25, -0.2) is 9.38 Å². The number of aromatic nitrogens is 3. The van der Waals surface area contributed by atoms with Crippen LogP contribution in [0.3, 0.4) is 0 Å². The normalized spacial score (nSPS) is 11.3. The molecule has 0 N–H and O–H groups in total. The van der Waals surface area contributed by atoms with Crippen molar-refractivity contribution in [2.24, 2.45) is 0 Å². The fraction of sp³-hybridized carbons (Fsp3) is 0.280. The zero-order valence-corrected chi connectivity index (χ0v) is 18.2. The monoisotopic (exact) mass is 419 g/mol. The highest BCUT2D eigenvalue weighted by atomic mass is 35.5. The van der Waals surface area contributed by atoms with Crippen molar-refractivity contribution in [3.63, 3.8) is 0 Å². The summed E-state index contributed by atoms with van der Waals surface area (Å²) < 4.78 is 3.99. The third-order valence-electron chi connectivity index (χ3n) is 5.57. The van der Waals surface area contributed by atoms with Crippen molar-refractivity contribution in [3.8, 4) is 11.3 Å². The summed E-state index contributed by atoms with van der Waals surface area (Å²) in [6.45, 7) is 5.15. The Hall–Kier alpha value is -2.85. The van der Waals surface area contributed by atoms with Gasteiger partial charge in [0.25, 0.3) is 5.56 Å². The minimum absolute atomic E-state index is 0.0479. The molecule has 0 aliphatic rings. The average Bonchev–Trinajstić information content (AvgIpc) is 3.01. The maximum absolute atomic E-state index is 13.2. The van der Waals surface area contributed by atoms with Gasteiger partial charge in [-0.15, -0.1) is 0 Å². The standard InChI is InChI=1S/C25H26ClN3O/c1-3-4-8-15-28-18(2)23(16-19-9-6-5-7-10-19)29-24(30)17-22(27-25(28)29)20-11-13-21(26)14-12-20/h5-7,9-14,17H,3-4,8,15-16H2,1-2H3. The van der Waals surface area contributed by atoms with Gasteiger partial charge in [-0.1, -0.05) is 73.8 Å². The Bertz CT molecular complexity index is 1210. The van der Waals surface area contributed by atoms with E-state index in [9.17, 15) is 4.79 Å². The van der Waals surface area contributed by atoms with Crippen LogP contribution in [0.15, 0.2) is 65.5 Å². The molecule has 0 atom stereocenters. The lowest BCUT2D eigenvalue weighted by Crippen LogP contribution is -2.17. The summed E-state index contributed by atoms with van der Waals surface area (Å²) in [5.41, 5.74) is 4.82. The number of benzene rings is 2. The van der Waals surface area contributed by atoms with Crippen LogP contribution in [0, 0.1) is 6.92 Å². The number of unbranched alkanes of at least 4 members (excludes halogenated alkanes) is 2. The number of aryl methyl sites for hydroxylation is 1. The van der Waals surface area contributed by atoms with Gasteiger partial charge < -0.3 is 4.57 Å². The Morgan fingerprint density at radius 1 is 1.00 bits per heavy atom. The second-order valence-corrected chi connectivity index (χ2v) is 8.11. The summed E-state index contributed by atoms with van der Waals surface area (Å²) in [4.78, 5) is 18.2. The molecule has 0 aliphatic carbocycles. The van der Waals surface area contributed by atoms with Crippen molar-refractivity contribution in [1.82, 2.24) is 14.0 Å². The molecule has 0 bridgehead atoms. The number of halogens is 1. The Kier molecular flexibility index (Phi) is 6.05. The van der Waals surface area contributed by atoms with Crippen LogP contribution >= 0.6 is 11.6 Å². The highest BCUT2D eigenvalue weighted by molar-refractivity contribution is 6.30. The van der Waals surface area contributed by atoms with E-state index in [4.69, 9.17) is 16.6 Å². The zero-order chi connectivity index (χ0) is 21.1. The van der Waals surface area contributed by atoms with Crippen molar-refractivity contribution in [1.29, 1.82) is 0 Å². The van der Waals surface area contributed by atoms with Crippen LogP contribution in [0.5, 0.6) is 0 Å². The third kappa shape index (κ3) is 4.05.